The zero-order valence-corrected chi connectivity index (χ0v) is 16.5. The standard InChI is InChI=1S/C19H25N4O3.ClH/c1-13-9-10-16(22(24)25)17-18(13)21-15-8-5-4-7-14(15)19(17)20-11-6-12-23(2,3)26;/h4-5,7-10,22,24,26H,6,11-12H2,1-3H3,(H,20,21);1H/q+1;. The van der Waals surface area contributed by atoms with Crippen LogP contribution in [0.1, 0.15) is 12.0 Å². The second-order valence-electron chi connectivity index (χ2n) is 7.09. The van der Waals surface area contributed by atoms with Crippen molar-refractivity contribution in [2.45, 2.75) is 13.3 Å². The van der Waals surface area contributed by atoms with E-state index >= 15 is 0 Å². The van der Waals surface area contributed by atoms with Gasteiger partial charge in [-0.25, -0.2) is 15.4 Å². The molecule has 7 nitrogen and oxygen atoms in total. The van der Waals surface area contributed by atoms with Gasteiger partial charge in [0.05, 0.1) is 36.2 Å². The summed E-state index contributed by atoms with van der Waals surface area (Å²) in [6, 6.07) is 11.2. The third-order valence-corrected chi connectivity index (χ3v) is 4.45. The largest absolute Gasteiger partial charge is 0.595 e. The minimum absolute atomic E-state index is 0. The lowest BCUT2D eigenvalue weighted by molar-refractivity contribution is -1.07. The van der Waals surface area contributed by atoms with Crippen LogP contribution < -0.4 is 10.5 Å². The number of fused-ring (bicyclic) bond motifs is 2. The second-order valence-corrected chi connectivity index (χ2v) is 7.09. The summed E-state index contributed by atoms with van der Waals surface area (Å²) in [5.41, 5.74) is 3.49. The predicted octanol–water partition coefficient (Wildman–Crippen LogP) is 2.79. The van der Waals surface area contributed by atoms with E-state index in [2.05, 4.69) is 5.32 Å². The molecular weight excluding hydrogens is 368 g/mol. The quantitative estimate of drug-likeness (QED) is 0.224. The molecule has 3 aromatic rings. The van der Waals surface area contributed by atoms with Gasteiger partial charge in [-0.2, -0.15) is 9.87 Å². The number of nitrogens with one attached hydrogen (secondary N) is 2. The Morgan fingerprint density at radius 1 is 1.19 bits per heavy atom. The molecule has 0 spiro atoms. The molecule has 4 N–H and O–H groups in total. The third kappa shape index (κ3) is 4.65. The third-order valence-electron chi connectivity index (χ3n) is 4.45. The number of anilines is 1. The number of pyridine rings is 1. The van der Waals surface area contributed by atoms with Crippen molar-refractivity contribution >= 4 is 45.6 Å². The highest BCUT2D eigenvalue weighted by Crippen LogP contribution is 2.35. The maximum atomic E-state index is 11.8. The average molecular weight is 394 g/mol. The molecule has 1 atom stereocenters. The highest BCUT2D eigenvalue weighted by molar-refractivity contribution is 6.11. The van der Waals surface area contributed by atoms with Crippen LogP contribution in [0.15, 0.2) is 36.4 Å². The van der Waals surface area contributed by atoms with E-state index in [-0.39, 0.29) is 22.7 Å². The first kappa shape index (κ1) is 21.3. The first-order valence-electron chi connectivity index (χ1n) is 8.63. The van der Waals surface area contributed by atoms with Crippen LogP contribution in [0, 0.1) is 12.1 Å². The van der Waals surface area contributed by atoms with Crippen molar-refractivity contribution in [2.75, 3.05) is 32.5 Å². The number of aryl methyl sites for hydroxylation is 1. The topological polar surface area (TPSA) is 92.9 Å². The van der Waals surface area contributed by atoms with Gasteiger partial charge in [-0.05, 0) is 18.6 Å². The van der Waals surface area contributed by atoms with Crippen LogP contribution in [0.5, 0.6) is 0 Å². The van der Waals surface area contributed by atoms with E-state index in [0.29, 0.717) is 24.0 Å². The number of aromatic nitrogens is 1. The number of hydrogen-bond donors (Lipinski definition) is 4. The van der Waals surface area contributed by atoms with Crippen LogP contribution in [0.3, 0.4) is 0 Å². The summed E-state index contributed by atoms with van der Waals surface area (Å²) in [4.78, 5) is 4.70. The Hall–Kier alpha value is -2.00. The number of hydroxylamine groups is 3. The fraction of sp³-hybridized carbons (Fsp3) is 0.316. The van der Waals surface area contributed by atoms with Crippen LogP contribution in [0.25, 0.3) is 21.8 Å². The SMILES string of the molecule is Cc1ccc([NH+]([O-])O)c2c(NCCC[N+](C)(C)O)c3ccccc3nc12.Cl. The first-order chi connectivity index (χ1) is 12.3. The van der Waals surface area contributed by atoms with Crippen LogP contribution in [0.2, 0.25) is 0 Å². The van der Waals surface area contributed by atoms with Crippen molar-refractivity contribution in [3.05, 3.63) is 47.2 Å². The van der Waals surface area contributed by atoms with Gasteiger partial charge in [-0.3, -0.25) is 0 Å². The first-order valence-corrected chi connectivity index (χ1v) is 8.63. The number of hydrogen-bond acceptors (Lipinski definition) is 5. The lowest BCUT2D eigenvalue weighted by atomic mass is 10.0. The van der Waals surface area contributed by atoms with Gasteiger partial charge in [0.15, 0.2) is 5.69 Å². The Bertz CT molecular complexity index is 942. The van der Waals surface area contributed by atoms with E-state index in [9.17, 15) is 15.6 Å². The van der Waals surface area contributed by atoms with Gasteiger partial charge in [0, 0.05) is 24.4 Å². The minimum Gasteiger partial charge on any atom is -0.595 e. The smallest absolute Gasteiger partial charge is 0.175 e. The summed E-state index contributed by atoms with van der Waals surface area (Å²) in [6.45, 7) is 3.16. The van der Waals surface area contributed by atoms with E-state index in [1.54, 1.807) is 26.2 Å². The molecule has 0 aliphatic rings. The van der Waals surface area contributed by atoms with Crippen LogP contribution in [-0.2, 0) is 0 Å². The van der Waals surface area contributed by atoms with Crippen molar-refractivity contribution in [3.63, 3.8) is 0 Å². The van der Waals surface area contributed by atoms with E-state index in [0.717, 1.165) is 28.6 Å². The zero-order valence-electron chi connectivity index (χ0n) is 15.7. The molecule has 1 aromatic heterocycles. The van der Waals surface area contributed by atoms with Crippen LogP contribution >= 0.6 is 12.4 Å². The number of halogens is 1. The summed E-state index contributed by atoms with van der Waals surface area (Å²) < 4.78 is -0.0982. The average Bonchev–Trinajstić information content (AvgIpc) is 2.57. The molecule has 0 saturated carbocycles. The molecule has 0 aliphatic heterocycles. The predicted molar refractivity (Wildman–Crippen MR) is 109 cm³/mol. The highest BCUT2D eigenvalue weighted by atomic mass is 35.5. The summed E-state index contributed by atoms with van der Waals surface area (Å²) >= 11 is 0. The summed E-state index contributed by atoms with van der Waals surface area (Å²) in [5, 5.41) is 35.2. The van der Waals surface area contributed by atoms with E-state index in [1.165, 1.54) is 0 Å². The van der Waals surface area contributed by atoms with Gasteiger partial charge in [0.25, 0.3) is 0 Å². The molecule has 0 radical (unpaired) electrons. The minimum atomic E-state index is -0.969. The molecule has 1 heterocycles. The van der Waals surface area contributed by atoms with Crippen LogP contribution in [0.4, 0.5) is 11.4 Å². The summed E-state index contributed by atoms with van der Waals surface area (Å²) in [7, 11) is 3.45. The van der Waals surface area contributed by atoms with Gasteiger partial charge in [-0.15, -0.1) is 12.4 Å². The van der Waals surface area contributed by atoms with Crippen molar-refractivity contribution in [2.24, 2.45) is 0 Å². The molecule has 0 saturated heterocycles. The number of rotatable bonds is 6. The normalized spacial score (nSPS) is 12.8. The zero-order chi connectivity index (χ0) is 18.9. The van der Waals surface area contributed by atoms with E-state index < -0.39 is 5.23 Å². The number of nitrogens with zero attached hydrogens (tertiary/aromatic N) is 2. The molecule has 8 heteroatoms. The molecule has 1 unspecified atom stereocenters. The Morgan fingerprint density at radius 2 is 1.89 bits per heavy atom. The molecule has 0 aliphatic carbocycles. The molecule has 0 fully saturated rings. The monoisotopic (exact) mass is 393 g/mol. The number of quaternary nitrogens is 2. The lowest BCUT2D eigenvalue weighted by Crippen LogP contribution is -2.99. The Morgan fingerprint density at radius 3 is 2.56 bits per heavy atom. The van der Waals surface area contributed by atoms with Gasteiger partial charge in [0.1, 0.15) is 6.54 Å². The van der Waals surface area contributed by atoms with Crippen molar-refractivity contribution in [3.8, 4) is 0 Å². The maximum absolute atomic E-state index is 11.8. The molecule has 0 bridgehead atoms. The molecule has 3 rings (SSSR count). The fourth-order valence-corrected chi connectivity index (χ4v) is 3.17. The molecule has 27 heavy (non-hydrogen) atoms. The van der Waals surface area contributed by atoms with Crippen LogP contribution in [-0.4, -0.2) is 47.2 Å². The summed E-state index contributed by atoms with van der Waals surface area (Å²) in [5.74, 6) is 0. The Balaban J connectivity index is 0.00000261. The van der Waals surface area contributed by atoms with E-state index in [1.807, 2.05) is 31.2 Å². The van der Waals surface area contributed by atoms with Crippen molar-refractivity contribution < 1.29 is 20.3 Å². The van der Waals surface area contributed by atoms with Gasteiger partial charge < -0.3 is 10.5 Å². The van der Waals surface area contributed by atoms with Gasteiger partial charge >= 0.3 is 0 Å². The number of benzene rings is 2. The molecule has 0 amide bonds. The van der Waals surface area contributed by atoms with Gasteiger partial charge in [0.2, 0.25) is 0 Å². The summed E-state index contributed by atoms with van der Waals surface area (Å²) in [6.07, 6.45) is 0.746. The maximum Gasteiger partial charge on any atom is 0.175 e. The van der Waals surface area contributed by atoms with Gasteiger partial charge in [-0.1, -0.05) is 24.3 Å². The molecule has 146 valence electrons. The molecular formula is C19H26ClN4O3+. The Kier molecular flexibility index (Phi) is 6.59. The Labute approximate surface area is 164 Å². The number of para-hydroxylation sites is 1. The highest BCUT2D eigenvalue weighted by Gasteiger charge is 2.18. The fourth-order valence-electron chi connectivity index (χ4n) is 3.17. The second kappa shape index (κ2) is 8.35. The van der Waals surface area contributed by atoms with Crippen molar-refractivity contribution in [1.82, 2.24) is 4.98 Å². The van der Waals surface area contributed by atoms with E-state index in [4.69, 9.17) is 4.98 Å². The lowest BCUT2D eigenvalue weighted by Gasteiger charge is -2.21. The molecule has 2 aromatic carbocycles. The van der Waals surface area contributed by atoms with Crippen molar-refractivity contribution in [1.29, 1.82) is 0 Å².